The second-order valence-corrected chi connectivity index (χ2v) is 7.88. The number of nitrogens with zero attached hydrogens (tertiary/aromatic N) is 2. The van der Waals surface area contributed by atoms with Crippen LogP contribution in [-0.2, 0) is 0 Å². The molecule has 0 aliphatic rings. The summed E-state index contributed by atoms with van der Waals surface area (Å²) < 4.78 is 0. The molecule has 0 aliphatic carbocycles. The molecule has 144 valence electrons. The van der Waals surface area contributed by atoms with E-state index in [0.717, 1.165) is 32.6 Å². The van der Waals surface area contributed by atoms with Gasteiger partial charge >= 0.3 is 0 Å². The van der Waals surface area contributed by atoms with Crippen LogP contribution in [0.4, 0.5) is 5.69 Å². The molecule has 0 spiro atoms. The maximum absolute atomic E-state index is 13.1. The lowest BCUT2D eigenvalue weighted by atomic mass is 10.00. The summed E-state index contributed by atoms with van der Waals surface area (Å²) in [6, 6.07) is 25.1. The van der Waals surface area contributed by atoms with Gasteiger partial charge in [0.1, 0.15) is 9.71 Å². The number of pyridine rings is 2. The number of nitrogens with two attached hydrogens (primary N) is 1. The Morgan fingerprint density at radius 3 is 2.27 bits per heavy atom. The van der Waals surface area contributed by atoms with Crippen LogP contribution in [0.25, 0.3) is 32.6 Å². The van der Waals surface area contributed by atoms with Crippen LogP contribution in [-0.4, -0.2) is 15.8 Å². The monoisotopic (exact) mass is 407 g/mol. The first-order chi connectivity index (χ1) is 14.7. The highest BCUT2D eigenvalue weighted by molar-refractivity contribution is 7.21. The Labute approximate surface area is 177 Å². The number of thiophene rings is 1. The normalized spacial score (nSPS) is 10.9. The number of hydrogen-bond acceptors (Lipinski definition) is 5. The van der Waals surface area contributed by atoms with Crippen LogP contribution in [0.5, 0.6) is 0 Å². The van der Waals surface area contributed by atoms with Crippen LogP contribution in [0.3, 0.4) is 0 Å². The lowest BCUT2D eigenvalue weighted by Gasteiger charge is -2.08. The van der Waals surface area contributed by atoms with E-state index in [1.807, 2.05) is 66.7 Å². The van der Waals surface area contributed by atoms with E-state index in [2.05, 4.69) is 4.98 Å². The molecule has 0 saturated carbocycles. The van der Waals surface area contributed by atoms with Crippen molar-refractivity contribution in [2.75, 3.05) is 5.73 Å². The fourth-order valence-electron chi connectivity index (χ4n) is 3.52. The number of ketones is 1. The van der Waals surface area contributed by atoms with Gasteiger partial charge in [-0.25, -0.2) is 4.98 Å². The molecule has 0 unspecified atom stereocenters. The Balaban J connectivity index is 1.77. The van der Waals surface area contributed by atoms with E-state index in [9.17, 15) is 4.79 Å². The standard InChI is InChI=1S/C25H17N3OS/c26-22-21-19(18-12-7-13-27-15-18)14-20(16-8-3-1-4-9-16)28-25(21)30-24(22)23(29)17-10-5-2-6-11-17/h1-15H,26H2. The Morgan fingerprint density at radius 2 is 1.57 bits per heavy atom. The number of rotatable bonds is 4. The first-order valence-electron chi connectivity index (χ1n) is 9.51. The molecule has 2 aromatic carbocycles. The SMILES string of the molecule is Nc1c(C(=O)c2ccccc2)sc2nc(-c3ccccc3)cc(-c3cccnc3)c12. The predicted octanol–water partition coefficient (Wildman–Crippen LogP) is 5.84. The molecule has 0 atom stereocenters. The van der Waals surface area contributed by atoms with Crippen LogP contribution in [0, 0.1) is 0 Å². The third-order valence-corrected chi connectivity index (χ3v) is 6.08. The van der Waals surface area contributed by atoms with Gasteiger partial charge in [-0.05, 0) is 17.7 Å². The highest BCUT2D eigenvalue weighted by Gasteiger charge is 2.22. The fraction of sp³-hybridized carbons (Fsp3) is 0. The number of benzene rings is 2. The zero-order chi connectivity index (χ0) is 20.5. The highest BCUT2D eigenvalue weighted by atomic mass is 32.1. The van der Waals surface area contributed by atoms with Crippen molar-refractivity contribution in [1.82, 2.24) is 9.97 Å². The molecule has 30 heavy (non-hydrogen) atoms. The molecule has 2 N–H and O–H groups in total. The molecule has 4 nitrogen and oxygen atoms in total. The maximum atomic E-state index is 13.1. The molecule has 0 aliphatic heterocycles. The van der Waals surface area contributed by atoms with E-state index < -0.39 is 0 Å². The second kappa shape index (κ2) is 7.54. The molecular formula is C25H17N3OS. The minimum Gasteiger partial charge on any atom is -0.397 e. The quantitative estimate of drug-likeness (QED) is 0.380. The summed E-state index contributed by atoms with van der Waals surface area (Å²) in [6.45, 7) is 0. The van der Waals surface area contributed by atoms with Crippen molar-refractivity contribution in [2.45, 2.75) is 0 Å². The summed E-state index contributed by atoms with van der Waals surface area (Å²) in [4.78, 5) is 23.5. The van der Waals surface area contributed by atoms with Gasteiger partial charge in [-0.1, -0.05) is 66.7 Å². The fourth-order valence-corrected chi connectivity index (χ4v) is 4.60. The molecule has 5 rings (SSSR count). The Kier molecular flexibility index (Phi) is 4.58. The molecule has 3 heterocycles. The van der Waals surface area contributed by atoms with Gasteiger partial charge in [-0.15, -0.1) is 11.3 Å². The zero-order valence-electron chi connectivity index (χ0n) is 15.9. The van der Waals surface area contributed by atoms with Gasteiger partial charge in [0.2, 0.25) is 5.78 Å². The molecule has 0 saturated heterocycles. The van der Waals surface area contributed by atoms with Crippen molar-refractivity contribution in [1.29, 1.82) is 0 Å². The Morgan fingerprint density at radius 1 is 0.867 bits per heavy atom. The van der Waals surface area contributed by atoms with Gasteiger partial charge in [0.25, 0.3) is 0 Å². The van der Waals surface area contributed by atoms with Gasteiger partial charge in [0, 0.05) is 34.5 Å². The van der Waals surface area contributed by atoms with Gasteiger partial charge in [0.15, 0.2) is 0 Å². The summed E-state index contributed by atoms with van der Waals surface area (Å²) in [7, 11) is 0. The van der Waals surface area contributed by atoms with E-state index >= 15 is 0 Å². The van der Waals surface area contributed by atoms with Crippen molar-refractivity contribution in [2.24, 2.45) is 0 Å². The average molecular weight is 407 g/mol. The van der Waals surface area contributed by atoms with Crippen molar-refractivity contribution >= 4 is 33.0 Å². The largest absolute Gasteiger partial charge is 0.397 e. The smallest absolute Gasteiger partial charge is 0.205 e. The van der Waals surface area contributed by atoms with Gasteiger partial charge in [-0.2, -0.15) is 0 Å². The molecule has 0 bridgehead atoms. The predicted molar refractivity (Wildman–Crippen MR) is 123 cm³/mol. The maximum Gasteiger partial charge on any atom is 0.205 e. The Bertz CT molecular complexity index is 1350. The Hall–Kier alpha value is -3.83. The van der Waals surface area contributed by atoms with Crippen LogP contribution in [0.2, 0.25) is 0 Å². The van der Waals surface area contributed by atoms with Gasteiger partial charge in [0.05, 0.1) is 11.4 Å². The van der Waals surface area contributed by atoms with E-state index in [1.165, 1.54) is 11.3 Å². The summed E-state index contributed by atoms with van der Waals surface area (Å²) in [5, 5.41) is 0.798. The number of anilines is 1. The summed E-state index contributed by atoms with van der Waals surface area (Å²) >= 11 is 1.34. The van der Waals surface area contributed by atoms with Crippen LogP contribution < -0.4 is 5.73 Å². The van der Waals surface area contributed by atoms with Gasteiger partial charge in [-0.3, -0.25) is 9.78 Å². The highest BCUT2D eigenvalue weighted by Crippen LogP contribution is 2.41. The molecule has 0 radical (unpaired) electrons. The van der Waals surface area contributed by atoms with Crippen molar-refractivity contribution in [3.63, 3.8) is 0 Å². The average Bonchev–Trinajstić information content (AvgIpc) is 3.16. The molecule has 5 aromatic rings. The van der Waals surface area contributed by atoms with Crippen LogP contribution in [0.1, 0.15) is 15.2 Å². The number of aromatic nitrogens is 2. The third kappa shape index (κ3) is 3.15. The molecule has 0 fully saturated rings. The lowest BCUT2D eigenvalue weighted by Crippen LogP contribution is -2.01. The summed E-state index contributed by atoms with van der Waals surface area (Å²) in [6.07, 6.45) is 3.54. The number of nitrogen functional groups attached to an aromatic ring is 1. The van der Waals surface area contributed by atoms with E-state index in [1.54, 1.807) is 24.5 Å². The number of hydrogen-bond donors (Lipinski definition) is 1. The first kappa shape index (κ1) is 18.2. The van der Waals surface area contributed by atoms with Crippen molar-refractivity contribution < 1.29 is 4.79 Å². The van der Waals surface area contributed by atoms with Crippen LogP contribution in [0.15, 0.2) is 91.3 Å². The summed E-state index contributed by atoms with van der Waals surface area (Å²) in [5.74, 6) is -0.0884. The summed E-state index contributed by atoms with van der Waals surface area (Å²) in [5.41, 5.74) is 11.3. The van der Waals surface area contributed by atoms with Gasteiger partial charge < -0.3 is 5.73 Å². The number of carbonyl (C=O) groups is 1. The molecular weight excluding hydrogens is 390 g/mol. The lowest BCUT2D eigenvalue weighted by molar-refractivity contribution is 0.104. The molecule has 5 heteroatoms. The molecule has 3 aromatic heterocycles. The number of fused-ring (bicyclic) bond motifs is 1. The van der Waals surface area contributed by atoms with E-state index in [-0.39, 0.29) is 5.78 Å². The third-order valence-electron chi connectivity index (χ3n) is 4.98. The minimum atomic E-state index is -0.0884. The topological polar surface area (TPSA) is 68.9 Å². The van der Waals surface area contributed by atoms with E-state index in [0.29, 0.717) is 16.1 Å². The number of carbonyl (C=O) groups excluding carboxylic acids is 1. The first-order valence-corrected chi connectivity index (χ1v) is 10.3. The van der Waals surface area contributed by atoms with Crippen molar-refractivity contribution in [3.8, 4) is 22.4 Å². The van der Waals surface area contributed by atoms with Crippen molar-refractivity contribution in [3.05, 3.63) is 102 Å². The van der Waals surface area contributed by atoms with E-state index in [4.69, 9.17) is 10.7 Å². The molecule has 0 amide bonds. The second-order valence-electron chi connectivity index (χ2n) is 6.88. The zero-order valence-corrected chi connectivity index (χ0v) is 16.8. The minimum absolute atomic E-state index is 0.0884. The van der Waals surface area contributed by atoms with Crippen LogP contribution >= 0.6 is 11.3 Å².